The Morgan fingerprint density at radius 2 is 0.667 bits per heavy atom. The van der Waals surface area contributed by atoms with Gasteiger partial charge in [-0.3, -0.25) is 0 Å². The normalized spacial score (nSPS) is 9.67. The van der Waals surface area contributed by atoms with Gasteiger partial charge in [-0.25, -0.2) is 0 Å². The predicted molar refractivity (Wildman–Crippen MR) is 114 cm³/mol. The third-order valence-electron chi connectivity index (χ3n) is 4.97. The van der Waals surface area contributed by atoms with Crippen LogP contribution in [0.15, 0.2) is 0 Å². The smallest absolute Gasteiger partial charge is 0.550 e. The number of carboxylic acids is 2. The SMILES string of the molecule is CCCCCCCCCCCC(=O)[O-].CCCCCCCCCCCC(=O)[O-].[Li+].[Na+]. The maximum atomic E-state index is 10.1. The number of unbranched alkanes of at least 4 members (excludes halogenated alkanes) is 16. The molecule has 0 aliphatic rings. The van der Waals surface area contributed by atoms with Crippen LogP contribution < -0.4 is 58.6 Å². The van der Waals surface area contributed by atoms with Crippen LogP contribution in [0.2, 0.25) is 0 Å². The Kier molecular flexibility index (Phi) is 43.1. The number of carbonyl (C=O) groups excluding carboxylic acids is 2. The van der Waals surface area contributed by atoms with Crippen LogP contribution in [-0.4, -0.2) is 11.9 Å². The van der Waals surface area contributed by atoms with Crippen molar-refractivity contribution in [3.05, 3.63) is 0 Å². The second-order valence-electron chi connectivity index (χ2n) is 7.90. The van der Waals surface area contributed by atoms with E-state index in [-0.39, 0.29) is 61.3 Å². The van der Waals surface area contributed by atoms with Gasteiger partial charge in [-0.15, -0.1) is 0 Å². The molecule has 0 rings (SSSR count). The first kappa shape index (κ1) is 37.8. The Bertz CT molecular complexity index is 309. The fourth-order valence-electron chi connectivity index (χ4n) is 3.16. The van der Waals surface area contributed by atoms with E-state index in [0.717, 1.165) is 25.7 Å². The van der Waals surface area contributed by atoms with Crippen molar-refractivity contribution in [2.45, 2.75) is 142 Å². The number of hydrogen-bond donors (Lipinski definition) is 0. The number of rotatable bonds is 20. The molecule has 0 heterocycles. The molecular weight excluding hydrogens is 382 g/mol. The Balaban J connectivity index is -0.000000211. The summed E-state index contributed by atoms with van der Waals surface area (Å²) in [6.45, 7) is 4.44. The molecule has 0 aromatic heterocycles. The molecule has 0 amide bonds. The van der Waals surface area contributed by atoms with Crippen molar-refractivity contribution in [1.29, 1.82) is 0 Å². The van der Waals surface area contributed by atoms with Gasteiger partial charge in [-0.2, -0.15) is 0 Å². The van der Waals surface area contributed by atoms with E-state index < -0.39 is 11.9 Å². The van der Waals surface area contributed by atoms with Crippen LogP contribution in [0.3, 0.4) is 0 Å². The van der Waals surface area contributed by atoms with Crippen LogP contribution in [0.25, 0.3) is 0 Å². The average Bonchev–Trinajstić information content (AvgIpc) is 2.65. The Morgan fingerprint density at radius 3 is 0.867 bits per heavy atom. The summed E-state index contributed by atoms with van der Waals surface area (Å²) < 4.78 is 0. The maximum Gasteiger partial charge on any atom is 1.00 e. The van der Waals surface area contributed by atoms with Crippen molar-refractivity contribution in [3.63, 3.8) is 0 Å². The van der Waals surface area contributed by atoms with E-state index in [1.54, 1.807) is 0 Å². The van der Waals surface area contributed by atoms with Crippen molar-refractivity contribution in [2.24, 2.45) is 0 Å². The first-order valence-corrected chi connectivity index (χ1v) is 11.9. The minimum absolute atomic E-state index is 0. The summed E-state index contributed by atoms with van der Waals surface area (Å²) in [7, 11) is 0. The van der Waals surface area contributed by atoms with Crippen LogP contribution in [0, 0.1) is 0 Å². The second-order valence-corrected chi connectivity index (χ2v) is 7.90. The molecule has 0 spiro atoms. The summed E-state index contributed by atoms with van der Waals surface area (Å²) in [5.41, 5.74) is 0. The summed E-state index contributed by atoms with van der Waals surface area (Å²) >= 11 is 0. The molecule has 168 valence electrons. The molecule has 0 atom stereocenters. The monoisotopic (exact) mass is 428 g/mol. The molecule has 0 unspecified atom stereocenters. The molecule has 0 aliphatic heterocycles. The molecule has 0 aliphatic carbocycles. The van der Waals surface area contributed by atoms with Gasteiger partial charge in [0.2, 0.25) is 0 Å². The first-order valence-electron chi connectivity index (χ1n) is 11.9. The molecule has 30 heavy (non-hydrogen) atoms. The van der Waals surface area contributed by atoms with Crippen LogP contribution in [0.5, 0.6) is 0 Å². The van der Waals surface area contributed by atoms with Crippen LogP contribution >= 0.6 is 0 Å². The molecule has 0 saturated heterocycles. The summed E-state index contributed by atoms with van der Waals surface area (Å²) in [5.74, 6) is -1.82. The van der Waals surface area contributed by atoms with E-state index in [4.69, 9.17) is 0 Å². The van der Waals surface area contributed by atoms with Gasteiger partial charge in [-0.1, -0.05) is 117 Å². The van der Waals surface area contributed by atoms with Gasteiger partial charge in [0.05, 0.1) is 0 Å². The maximum absolute atomic E-state index is 10.1. The van der Waals surface area contributed by atoms with Gasteiger partial charge in [-0.05, 0) is 25.7 Å². The number of carbonyl (C=O) groups is 2. The molecule has 0 N–H and O–H groups in total. The third-order valence-corrected chi connectivity index (χ3v) is 4.97. The summed E-state index contributed by atoms with van der Waals surface area (Å²) in [6, 6.07) is 0. The average molecular weight is 429 g/mol. The fraction of sp³-hybridized carbons (Fsp3) is 0.917. The minimum Gasteiger partial charge on any atom is -0.550 e. The summed E-state index contributed by atoms with van der Waals surface area (Å²) in [5, 5.41) is 20.2. The predicted octanol–water partition coefficient (Wildman–Crippen LogP) is -0.678. The van der Waals surface area contributed by atoms with Crippen LogP contribution in [0.4, 0.5) is 0 Å². The number of hydrogen-bond acceptors (Lipinski definition) is 4. The zero-order valence-electron chi connectivity index (χ0n) is 20.8. The van der Waals surface area contributed by atoms with Crippen LogP contribution in [-0.2, 0) is 9.59 Å². The van der Waals surface area contributed by atoms with Crippen LogP contribution in [0.1, 0.15) is 142 Å². The van der Waals surface area contributed by atoms with E-state index in [1.807, 2.05) is 0 Å². The molecule has 0 aromatic rings. The molecule has 0 bridgehead atoms. The van der Waals surface area contributed by atoms with Gasteiger partial charge in [0.1, 0.15) is 0 Å². The van der Waals surface area contributed by atoms with Crippen molar-refractivity contribution < 1.29 is 68.2 Å². The molecule has 0 radical (unpaired) electrons. The van der Waals surface area contributed by atoms with Gasteiger partial charge in [0.25, 0.3) is 0 Å². The number of carboxylic acid groups (broad SMARTS) is 2. The standard InChI is InChI=1S/2C12H24O2.Li.Na/c2*1-2-3-4-5-6-7-8-9-10-11-12(13)14;;/h2*2-11H2,1H3,(H,13,14);;/q;;2*+1/p-2. The van der Waals surface area contributed by atoms with E-state index in [1.165, 1.54) is 89.9 Å². The molecule has 4 nitrogen and oxygen atoms in total. The molecule has 0 saturated carbocycles. The van der Waals surface area contributed by atoms with Gasteiger partial charge in [0.15, 0.2) is 0 Å². The van der Waals surface area contributed by atoms with E-state index >= 15 is 0 Å². The largest absolute Gasteiger partial charge is 1.00 e. The molecular formula is C24H46LiNaO4. The first-order chi connectivity index (χ1) is 13.5. The van der Waals surface area contributed by atoms with E-state index in [0.29, 0.717) is 0 Å². The van der Waals surface area contributed by atoms with E-state index in [2.05, 4.69) is 13.8 Å². The topological polar surface area (TPSA) is 80.3 Å². The van der Waals surface area contributed by atoms with Gasteiger partial charge < -0.3 is 19.8 Å². The van der Waals surface area contributed by atoms with E-state index in [9.17, 15) is 19.8 Å². The Morgan fingerprint density at radius 1 is 0.467 bits per heavy atom. The Labute approximate surface area is 221 Å². The van der Waals surface area contributed by atoms with Gasteiger partial charge in [0, 0.05) is 11.9 Å². The zero-order valence-corrected chi connectivity index (χ0v) is 22.8. The molecule has 0 aromatic carbocycles. The van der Waals surface area contributed by atoms with Crippen molar-refractivity contribution >= 4 is 11.9 Å². The summed E-state index contributed by atoms with van der Waals surface area (Å²) in [4.78, 5) is 20.2. The third kappa shape index (κ3) is 42.6. The number of aliphatic carboxylic acids is 2. The summed E-state index contributed by atoms with van der Waals surface area (Å²) in [6.07, 6.45) is 22.3. The zero-order chi connectivity index (χ0) is 21.3. The molecule has 6 heteroatoms. The quantitative estimate of drug-likeness (QED) is 0.190. The molecule has 0 fully saturated rings. The van der Waals surface area contributed by atoms with Crippen molar-refractivity contribution in [1.82, 2.24) is 0 Å². The fourth-order valence-corrected chi connectivity index (χ4v) is 3.16. The second kappa shape index (κ2) is 34.2. The Hall–Kier alpha value is 0.537. The van der Waals surface area contributed by atoms with Crippen molar-refractivity contribution in [2.75, 3.05) is 0 Å². The van der Waals surface area contributed by atoms with Crippen molar-refractivity contribution in [3.8, 4) is 0 Å². The minimum atomic E-state index is -0.909. The van der Waals surface area contributed by atoms with Gasteiger partial charge >= 0.3 is 48.4 Å².